The summed E-state index contributed by atoms with van der Waals surface area (Å²) >= 11 is 0. The Morgan fingerprint density at radius 1 is 1.43 bits per heavy atom. The van der Waals surface area contributed by atoms with E-state index in [1.54, 1.807) is 10.9 Å². The van der Waals surface area contributed by atoms with Gasteiger partial charge in [-0.05, 0) is 12.8 Å². The van der Waals surface area contributed by atoms with E-state index in [1.165, 1.54) is 19.3 Å². The Labute approximate surface area is 84.1 Å². The summed E-state index contributed by atoms with van der Waals surface area (Å²) in [6.45, 7) is 0. The summed E-state index contributed by atoms with van der Waals surface area (Å²) < 4.78 is 1.69. The van der Waals surface area contributed by atoms with Crippen LogP contribution in [-0.2, 0) is 7.05 Å². The van der Waals surface area contributed by atoms with E-state index in [2.05, 4.69) is 5.10 Å². The first-order valence-corrected chi connectivity index (χ1v) is 5.30. The molecule has 0 aliphatic heterocycles. The molecule has 0 aromatic carbocycles. The molecule has 1 aromatic rings. The Kier molecular flexibility index (Phi) is 2.66. The van der Waals surface area contributed by atoms with Crippen molar-refractivity contribution in [1.29, 1.82) is 0 Å². The lowest BCUT2D eigenvalue weighted by molar-refractivity contribution is 0.0889. The predicted molar refractivity (Wildman–Crippen MR) is 54.1 cm³/mol. The number of carbonyl (C=O) groups is 1. The van der Waals surface area contributed by atoms with Crippen LogP contribution in [0, 0.1) is 5.92 Å². The van der Waals surface area contributed by atoms with E-state index in [1.807, 2.05) is 13.2 Å². The number of hydrogen-bond donors (Lipinski definition) is 0. The molecule has 3 heteroatoms. The molecule has 2 rings (SSSR count). The van der Waals surface area contributed by atoms with E-state index in [0.29, 0.717) is 0 Å². The van der Waals surface area contributed by atoms with Crippen molar-refractivity contribution in [3.8, 4) is 0 Å². The minimum absolute atomic E-state index is 0.257. The van der Waals surface area contributed by atoms with Crippen LogP contribution in [0.3, 0.4) is 0 Å². The molecular weight excluding hydrogens is 176 g/mol. The van der Waals surface area contributed by atoms with Crippen molar-refractivity contribution in [2.75, 3.05) is 0 Å². The molecule has 0 unspecified atom stereocenters. The molecular formula is C11H16N2O. The van der Waals surface area contributed by atoms with Gasteiger partial charge in [0.25, 0.3) is 0 Å². The highest BCUT2D eigenvalue weighted by atomic mass is 16.1. The smallest absolute Gasteiger partial charge is 0.169 e. The first-order valence-electron chi connectivity index (χ1n) is 5.30. The monoisotopic (exact) mass is 192 g/mol. The van der Waals surface area contributed by atoms with Crippen molar-refractivity contribution >= 4 is 5.78 Å². The first kappa shape index (κ1) is 9.44. The van der Waals surface area contributed by atoms with Crippen LogP contribution in [0.1, 0.15) is 42.5 Å². The number of aromatic nitrogens is 2. The highest BCUT2D eigenvalue weighted by molar-refractivity contribution is 5.97. The summed E-state index contributed by atoms with van der Waals surface area (Å²) in [4.78, 5) is 12.0. The maximum absolute atomic E-state index is 12.0. The second kappa shape index (κ2) is 3.95. The van der Waals surface area contributed by atoms with E-state index in [4.69, 9.17) is 0 Å². The van der Waals surface area contributed by atoms with Crippen molar-refractivity contribution in [1.82, 2.24) is 9.78 Å². The molecule has 14 heavy (non-hydrogen) atoms. The summed E-state index contributed by atoms with van der Waals surface area (Å²) in [5, 5.41) is 4.03. The summed E-state index contributed by atoms with van der Waals surface area (Å²) in [5.41, 5.74) is 0.777. The largest absolute Gasteiger partial charge is 0.294 e. The molecule has 0 atom stereocenters. The van der Waals surface area contributed by atoms with Gasteiger partial charge in [0.2, 0.25) is 0 Å². The Hall–Kier alpha value is -1.12. The predicted octanol–water partition coefficient (Wildman–Crippen LogP) is 2.18. The van der Waals surface area contributed by atoms with Crippen LogP contribution in [0.15, 0.2) is 12.4 Å². The van der Waals surface area contributed by atoms with Crippen molar-refractivity contribution < 1.29 is 4.79 Å². The second-order valence-corrected chi connectivity index (χ2v) is 4.10. The van der Waals surface area contributed by atoms with E-state index in [9.17, 15) is 4.79 Å². The molecule has 0 saturated heterocycles. The minimum Gasteiger partial charge on any atom is -0.294 e. The molecule has 76 valence electrons. The Morgan fingerprint density at radius 2 is 2.14 bits per heavy atom. The van der Waals surface area contributed by atoms with Gasteiger partial charge < -0.3 is 0 Å². The molecule has 1 fully saturated rings. The molecule has 1 aliphatic rings. The molecule has 0 spiro atoms. The zero-order valence-corrected chi connectivity index (χ0v) is 8.57. The van der Waals surface area contributed by atoms with Crippen LogP contribution in [-0.4, -0.2) is 15.6 Å². The minimum atomic E-state index is 0.257. The maximum Gasteiger partial charge on any atom is 0.169 e. The van der Waals surface area contributed by atoms with Crippen LogP contribution in [0.2, 0.25) is 0 Å². The SMILES string of the molecule is Cn1cc(C(=O)C2CCCCC2)cn1. The van der Waals surface area contributed by atoms with Crippen molar-refractivity contribution in [2.24, 2.45) is 13.0 Å². The Bertz CT molecular complexity index is 324. The average Bonchev–Trinajstić information content (AvgIpc) is 2.65. The molecule has 1 heterocycles. The molecule has 1 aliphatic carbocycles. The molecule has 3 nitrogen and oxygen atoms in total. The van der Waals surface area contributed by atoms with Crippen molar-refractivity contribution in [2.45, 2.75) is 32.1 Å². The second-order valence-electron chi connectivity index (χ2n) is 4.10. The van der Waals surface area contributed by atoms with Gasteiger partial charge in [-0.25, -0.2) is 0 Å². The van der Waals surface area contributed by atoms with Crippen LogP contribution in [0.5, 0.6) is 0 Å². The highest BCUT2D eigenvalue weighted by Gasteiger charge is 2.22. The fourth-order valence-corrected chi connectivity index (χ4v) is 2.15. The fraction of sp³-hybridized carbons (Fsp3) is 0.636. The molecule has 1 saturated carbocycles. The lowest BCUT2D eigenvalue weighted by Gasteiger charge is -2.19. The molecule has 0 amide bonds. The average molecular weight is 192 g/mol. The summed E-state index contributed by atoms with van der Waals surface area (Å²) in [6.07, 6.45) is 9.32. The first-order chi connectivity index (χ1) is 6.77. The number of hydrogen-bond acceptors (Lipinski definition) is 2. The van der Waals surface area contributed by atoms with E-state index in [0.717, 1.165) is 18.4 Å². The Balaban J connectivity index is 2.07. The van der Waals surface area contributed by atoms with Gasteiger partial charge in [-0.3, -0.25) is 9.48 Å². The van der Waals surface area contributed by atoms with Crippen LogP contribution in [0.25, 0.3) is 0 Å². The normalized spacial score (nSPS) is 18.4. The van der Waals surface area contributed by atoms with Gasteiger partial charge >= 0.3 is 0 Å². The van der Waals surface area contributed by atoms with Crippen LogP contribution in [0.4, 0.5) is 0 Å². The van der Waals surface area contributed by atoms with Gasteiger partial charge in [-0.1, -0.05) is 19.3 Å². The number of carbonyl (C=O) groups excluding carboxylic acids is 1. The van der Waals surface area contributed by atoms with Gasteiger partial charge in [-0.2, -0.15) is 5.10 Å². The van der Waals surface area contributed by atoms with E-state index in [-0.39, 0.29) is 11.7 Å². The van der Waals surface area contributed by atoms with Gasteiger partial charge in [0.1, 0.15) is 0 Å². The summed E-state index contributed by atoms with van der Waals surface area (Å²) in [6, 6.07) is 0. The van der Waals surface area contributed by atoms with Gasteiger partial charge in [0, 0.05) is 19.2 Å². The number of nitrogens with zero attached hydrogens (tertiary/aromatic N) is 2. The quantitative estimate of drug-likeness (QED) is 0.673. The number of rotatable bonds is 2. The number of ketones is 1. The third kappa shape index (κ3) is 1.86. The number of aryl methyl sites for hydroxylation is 1. The zero-order chi connectivity index (χ0) is 9.97. The topological polar surface area (TPSA) is 34.9 Å². The van der Waals surface area contributed by atoms with E-state index >= 15 is 0 Å². The molecule has 0 radical (unpaired) electrons. The maximum atomic E-state index is 12.0. The van der Waals surface area contributed by atoms with Gasteiger partial charge in [0.05, 0.1) is 11.8 Å². The molecule has 1 aromatic heterocycles. The highest BCUT2D eigenvalue weighted by Crippen LogP contribution is 2.26. The van der Waals surface area contributed by atoms with Gasteiger partial charge in [-0.15, -0.1) is 0 Å². The lowest BCUT2D eigenvalue weighted by Crippen LogP contribution is -2.17. The lowest BCUT2D eigenvalue weighted by atomic mass is 9.84. The van der Waals surface area contributed by atoms with Crippen LogP contribution >= 0.6 is 0 Å². The standard InChI is InChI=1S/C11H16N2O/c1-13-8-10(7-12-13)11(14)9-5-3-2-4-6-9/h7-9H,2-6H2,1H3. The Morgan fingerprint density at radius 3 is 2.71 bits per heavy atom. The van der Waals surface area contributed by atoms with Crippen molar-refractivity contribution in [3.05, 3.63) is 18.0 Å². The van der Waals surface area contributed by atoms with E-state index < -0.39 is 0 Å². The fourth-order valence-electron chi connectivity index (χ4n) is 2.15. The number of Topliss-reactive ketones (excluding diaryl/α,β-unsaturated/α-hetero) is 1. The third-order valence-corrected chi connectivity index (χ3v) is 2.97. The molecule has 0 bridgehead atoms. The zero-order valence-electron chi connectivity index (χ0n) is 8.57. The summed E-state index contributed by atoms with van der Waals surface area (Å²) in [5.74, 6) is 0.547. The summed E-state index contributed by atoms with van der Waals surface area (Å²) in [7, 11) is 1.84. The third-order valence-electron chi connectivity index (χ3n) is 2.97. The van der Waals surface area contributed by atoms with Crippen LogP contribution < -0.4 is 0 Å². The van der Waals surface area contributed by atoms with Crippen molar-refractivity contribution in [3.63, 3.8) is 0 Å². The van der Waals surface area contributed by atoms with Gasteiger partial charge in [0.15, 0.2) is 5.78 Å². The molecule has 0 N–H and O–H groups in total.